The zero-order valence-corrected chi connectivity index (χ0v) is 15.9. The Bertz CT molecular complexity index is 733. The van der Waals surface area contributed by atoms with Crippen molar-refractivity contribution in [2.45, 2.75) is 29.9 Å². The van der Waals surface area contributed by atoms with Crippen LogP contribution < -0.4 is 10.1 Å². The Kier molecular flexibility index (Phi) is 7.27. The molecule has 1 atom stereocenters. The average molecular weight is 380 g/mol. The molecule has 0 fully saturated rings. The van der Waals surface area contributed by atoms with Crippen LogP contribution in [-0.4, -0.2) is 35.8 Å². The van der Waals surface area contributed by atoms with E-state index in [1.165, 1.54) is 23.1 Å². The Balaban J connectivity index is 1.90. The van der Waals surface area contributed by atoms with E-state index in [0.29, 0.717) is 23.7 Å². The van der Waals surface area contributed by atoms with Crippen molar-refractivity contribution in [2.75, 3.05) is 19.0 Å². The molecule has 25 heavy (non-hydrogen) atoms. The maximum Gasteiger partial charge on any atom is 0.311 e. The Morgan fingerprint density at radius 2 is 2.20 bits per heavy atom. The molecule has 1 heterocycles. The van der Waals surface area contributed by atoms with Crippen LogP contribution in [0, 0.1) is 0 Å². The minimum absolute atomic E-state index is 0.125. The molecule has 1 aromatic heterocycles. The van der Waals surface area contributed by atoms with Crippen molar-refractivity contribution in [3.8, 4) is 5.75 Å². The number of rotatable bonds is 8. The number of thioether (sulfide) groups is 1. The molecule has 134 valence electrons. The molecule has 6 nitrogen and oxygen atoms in total. The monoisotopic (exact) mass is 380 g/mol. The smallest absolute Gasteiger partial charge is 0.311 e. The zero-order valence-electron chi connectivity index (χ0n) is 14.3. The number of hydrogen-bond donors (Lipinski definition) is 1. The Morgan fingerprint density at radius 1 is 1.40 bits per heavy atom. The second-order valence-electron chi connectivity index (χ2n) is 5.07. The van der Waals surface area contributed by atoms with Crippen LogP contribution in [0.25, 0.3) is 0 Å². The Labute approximate surface area is 154 Å². The first-order valence-corrected chi connectivity index (χ1v) is 9.49. The van der Waals surface area contributed by atoms with Gasteiger partial charge in [0.1, 0.15) is 5.75 Å². The molecule has 0 aliphatic heterocycles. The fourth-order valence-electron chi connectivity index (χ4n) is 1.93. The highest BCUT2D eigenvalue weighted by Crippen LogP contribution is 2.28. The number of ether oxygens (including phenoxy) is 2. The number of anilines is 1. The first-order chi connectivity index (χ1) is 12.0. The normalized spacial score (nSPS) is 11.6. The Hall–Kier alpha value is -2.06. The number of methoxy groups -OCH3 is 1. The summed E-state index contributed by atoms with van der Waals surface area (Å²) in [4.78, 5) is 28.2. The molecule has 1 N–H and O–H groups in total. The van der Waals surface area contributed by atoms with Crippen LogP contribution in [0.15, 0.2) is 34.0 Å². The second kappa shape index (κ2) is 9.43. The molecule has 1 aromatic carbocycles. The van der Waals surface area contributed by atoms with Crippen LogP contribution >= 0.6 is 23.1 Å². The molecule has 0 spiro atoms. The Morgan fingerprint density at radius 3 is 2.92 bits per heavy atom. The van der Waals surface area contributed by atoms with Gasteiger partial charge in [0.05, 0.1) is 31.1 Å². The molecule has 0 unspecified atom stereocenters. The molecule has 2 aromatic rings. The maximum atomic E-state index is 12.3. The summed E-state index contributed by atoms with van der Waals surface area (Å²) in [6.07, 6.45) is 0.148. The average Bonchev–Trinajstić information content (AvgIpc) is 3.01. The molecule has 0 saturated heterocycles. The molecule has 8 heteroatoms. The van der Waals surface area contributed by atoms with E-state index in [0.717, 1.165) is 4.34 Å². The number of amides is 1. The lowest BCUT2D eigenvalue weighted by molar-refractivity contribution is -0.142. The topological polar surface area (TPSA) is 77.5 Å². The van der Waals surface area contributed by atoms with E-state index in [-0.39, 0.29) is 23.5 Å². The van der Waals surface area contributed by atoms with Crippen LogP contribution in [0.3, 0.4) is 0 Å². The number of thiazole rings is 1. The van der Waals surface area contributed by atoms with E-state index in [2.05, 4.69) is 10.3 Å². The van der Waals surface area contributed by atoms with E-state index in [1.807, 2.05) is 24.4 Å². The van der Waals surface area contributed by atoms with E-state index in [4.69, 9.17) is 9.47 Å². The highest BCUT2D eigenvalue weighted by atomic mass is 32.2. The largest absolute Gasteiger partial charge is 0.497 e. The van der Waals surface area contributed by atoms with Gasteiger partial charge in [-0.25, -0.2) is 4.98 Å². The van der Waals surface area contributed by atoms with Gasteiger partial charge in [0.2, 0.25) is 5.91 Å². The van der Waals surface area contributed by atoms with Gasteiger partial charge in [-0.05, 0) is 26.0 Å². The van der Waals surface area contributed by atoms with Crippen molar-refractivity contribution < 1.29 is 19.1 Å². The number of aromatic nitrogens is 1. The first-order valence-electron chi connectivity index (χ1n) is 7.73. The maximum absolute atomic E-state index is 12.3. The van der Waals surface area contributed by atoms with Gasteiger partial charge in [0.25, 0.3) is 0 Å². The third kappa shape index (κ3) is 6.06. The summed E-state index contributed by atoms with van der Waals surface area (Å²) in [7, 11) is 1.58. The lowest BCUT2D eigenvalue weighted by Crippen LogP contribution is -2.22. The van der Waals surface area contributed by atoms with Crippen LogP contribution in [-0.2, 0) is 20.7 Å². The number of benzene rings is 1. The van der Waals surface area contributed by atoms with Crippen molar-refractivity contribution in [2.24, 2.45) is 0 Å². The molecule has 0 bridgehead atoms. The van der Waals surface area contributed by atoms with E-state index in [1.54, 1.807) is 26.2 Å². The van der Waals surface area contributed by atoms with Crippen molar-refractivity contribution in [1.29, 1.82) is 0 Å². The summed E-state index contributed by atoms with van der Waals surface area (Å²) in [6.45, 7) is 3.93. The van der Waals surface area contributed by atoms with Gasteiger partial charge in [0.15, 0.2) is 4.34 Å². The number of hydrogen-bond acceptors (Lipinski definition) is 7. The third-order valence-corrected chi connectivity index (χ3v) is 5.27. The zero-order chi connectivity index (χ0) is 18.2. The fraction of sp³-hybridized carbons (Fsp3) is 0.353. The molecule has 2 rings (SSSR count). The van der Waals surface area contributed by atoms with Crippen molar-refractivity contribution in [3.05, 3.63) is 35.3 Å². The summed E-state index contributed by atoms with van der Waals surface area (Å²) < 4.78 is 10.8. The third-order valence-electron chi connectivity index (χ3n) is 3.15. The summed E-state index contributed by atoms with van der Waals surface area (Å²) >= 11 is 2.77. The van der Waals surface area contributed by atoms with Gasteiger partial charge >= 0.3 is 5.97 Å². The predicted molar refractivity (Wildman–Crippen MR) is 99.4 cm³/mol. The lowest BCUT2D eigenvalue weighted by Gasteiger charge is -2.11. The van der Waals surface area contributed by atoms with Crippen molar-refractivity contribution >= 4 is 40.7 Å². The quantitative estimate of drug-likeness (QED) is 0.559. The number of nitrogens with zero attached hydrogens (tertiary/aromatic N) is 1. The van der Waals surface area contributed by atoms with Crippen LogP contribution in [0.4, 0.5) is 5.69 Å². The summed E-state index contributed by atoms with van der Waals surface area (Å²) in [6, 6.07) is 7.19. The van der Waals surface area contributed by atoms with Crippen LogP contribution in [0.5, 0.6) is 5.75 Å². The molecule has 1 amide bonds. The van der Waals surface area contributed by atoms with Crippen LogP contribution in [0.2, 0.25) is 0 Å². The lowest BCUT2D eigenvalue weighted by atomic mass is 10.3. The summed E-state index contributed by atoms with van der Waals surface area (Å²) in [5, 5.41) is 4.34. The fourth-order valence-corrected chi connectivity index (χ4v) is 3.91. The number of nitrogens with one attached hydrogen (secondary N) is 1. The number of carbonyl (C=O) groups excluding carboxylic acids is 2. The number of esters is 1. The van der Waals surface area contributed by atoms with E-state index >= 15 is 0 Å². The highest BCUT2D eigenvalue weighted by Gasteiger charge is 2.17. The van der Waals surface area contributed by atoms with Gasteiger partial charge in [-0.1, -0.05) is 17.8 Å². The van der Waals surface area contributed by atoms with E-state index in [9.17, 15) is 9.59 Å². The highest BCUT2D eigenvalue weighted by molar-refractivity contribution is 8.02. The second-order valence-corrected chi connectivity index (χ2v) is 7.51. The van der Waals surface area contributed by atoms with Gasteiger partial charge in [-0.2, -0.15) is 0 Å². The SMILES string of the molecule is CCOC(=O)Cc1csc(S[C@@H](C)C(=O)Nc2cccc(OC)c2)n1. The first kappa shape index (κ1) is 19.3. The molecule has 0 saturated carbocycles. The molecule has 0 aliphatic carbocycles. The van der Waals surface area contributed by atoms with Gasteiger partial charge in [0, 0.05) is 17.1 Å². The molecular formula is C17H20N2O4S2. The standard InChI is InChI=1S/C17H20N2O4S2/c1-4-23-15(20)9-13-10-24-17(19-13)25-11(2)16(21)18-12-6-5-7-14(8-12)22-3/h5-8,10-11H,4,9H2,1-3H3,(H,18,21)/t11-/m0/s1. The minimum atomic E-state index is -0.326. The molecule has 0 aliphatic rings. The van der Waals surface area contributed by atoms with Gasteiger partial charge in [-0.15, -0.1) is 11.3 Å². The summed E-state index contributed by atoms with van der Waals surface area (Å²) in [5.41, 5.74) is 1.34. The molecule has 0 radical (unpaired) electrons. The van der Waals surface area contributed by atoms with E-state index < -0.39 is 0 Å². The van der Waals surface area contributed by atoms with Gasteiger partial charge < -0.3 is 14.8 Å². The number of carbonyl (C=O) groups is 2. The van der Waals surface area contributed by atoms with Crippen LogP contribution in [0.1, 0.15) is 19.5 Å². The molecular weight excluding hydrogens is 360 g/mol. The summed E-state index contributed by atoms with van der Waals surface area (Å²) in [5.74, 6) is 0.259. The van der Waals surface area contributed by atoms with Crippen molar-refractivity contribution in [1.82, 2.24) is 4.98 Å². The minimum Gasteiger partial charge on any atom is -0.497 e. The van der Waals surface area contributed by atoms with Crippen molar-refractivity contribution in [3.63, 3.8) is 0 Å². The van der Waals surface area contributed by atoms with Gasteiger partial charge in [-0.3, -0.25) is 9.59 Å². The predicted octanol–water partition coefficient (Wildman–Crippen LogP) is 3.38.